The number of pyridine rings is 1. The maximum atomic E-state index is 13.3. The van der Waals surface area contributed by atoms with E-state index in [2.05, 4.69) is 21.9 Å². The molecule has 0 fully saturated rings. The van der Waals surface area contributed by atoms with Crippen molar-refractivity contribution in [3.63, 3.8) is 0 Å². The molecule has 2 rings (SSSR count). The van der Waals surface area contributed by atoms with Gasteiger partial charge in [0.1, 0.15) is 11.6 Å². The zero-order valence-corrected chi connectivity index (χ0v) is 14.1. The van der Waals surface area contributed by atoms with Crippen molar-refractivity contribution in [2.24, 2.45) is 0 Å². The molecule has 0 radical (unpaired) electrons. The van der Waals surface area contributed by atoms with E-state index in [1.165, 1.54) is 25.3 Å². The van der Waals surface area contributed by atoms with Gasteiger partial charge in [-0.25, -0.2) is 17.8 Å². The van der Waals surface area contributed by atoms with Gasteiger partial charge in [-0.1, -0.05) is 6.92 Å². The van der Waals surface area contributed by atoms with Gasteiger partial charge in [0.2, 0.25) is 0 Å². The molecule has 0 aliphatic rings. The molecule has 124 valence electrons. The molecule has 0 amide bonds. The molecule has 2 aromatic rings. The summed E-state index contributed by atoms with van der Waals surface area (Å²) in [4.78, 5) is 4.19. The molecule has 0 aliphatic carbocycles. The summed E-state index contributed by atoms with van der Waals surface area (Å²) in [6.45, 7) is 5.62. The van der Waals surface area contributed by atoms with E-state index in [4.69, 9.17) is 0 Å². The van der Waals surface area contributed by atoms with Crippen molar-refractivity contribution in [2.75, 3.05) is 10.0 Å². The lowest BCUT2D eigenvalue weighted by molar-refractivity contribution is 0.598. The number of hydrogen-bond donors (Lipinski definition) is 2. The first-order valence-electron chi connectivity index (χ1n) is 7.33. The van der Waals surface area contributed by atoms with Crippen molar-refractivity contribution in [1.29, 1.82) is 0 Å². The van der Waals surface area contributed by atoms with Crippen LogP contribution in [0.5, 0.6) is 0 Å². The Morgan fingerprint density at radius 3 is 2.57 bits per heavy atom. The predicted molar refractivity (Wildman–Crippen MR) is 89.6 cm³/mol. The summed E-state index contributed by atoms with van der Waals surface area (Å²) < 4.78 is 40.3. The van der Waals surface area contributed by atoms with Crippen LogP contribution in [-0.2, 0) is 10.0 Å². The fourth-order valence-electron chi connectivity index (χ4n) is 1.89. The molecule has 0 saturated carbocycles. The molecule has 0 spiro atoms. The van der Waals surface area contributed by atoms with Gasteiger partial charge < -0.3 is 5.32 Å². The normalized spacial score (nSPS) is 12.7. The van der Waals surface area contributed by atoms with Gasteiger partial charge in [0, 0.05) is 6.04 Å². The Labute approximate surface area is 136 Å². The minimum atomic E-state index is -3.77. The summed E-state index contributed by atoms with van der Waals surface area (Å²) in [6.07, 6.45) is 2.40. The second-order valence-electron chi connectivity index (χ2n) is 5.40. The van der Waals surface area contributed by atoms with Gasteiger partial charge in [-0.3, -0.25) is 4.72 Å². The molecule has 0 aliphatic heterocycles. The van der Waals surface area contributed by atoms with E-state index >= 15 is 0 Å². The number of nitrogens with one attached hydrogen (secondary N) is 2. The van der Waals surface area contributed by atoms with Gasteiger partial charge in [0.25, 0.3) is 10.0 Å². The number of benzene rings is 1. The van der Waals surface area contributed by atoms with E-state index in [0.717, 1.165) is 12.5 Å². The van der Waals surface area contributed by atoms with E-state index in [9.17, 15) is 12.8 Å². The van der Waals surface area contributed by atoms with Crippen LogP contribution in [0.4, 0.5) is 15.9 Å². The van der Waals surface area contributed by atoms with Crippen molar-refractivity contribution in [2.45, 2.75) is 38.1 Å². The molecule has 0 bridgehead atoms. The van der Waals surface area contributed by atoms with Crippen molar-refractivity contribution in [1.82, 2.24) is 4.98 Å². The average molecular weight is 337 g/mol. The van der Waals surface area contributed by atoms with E-state index in [0.29, 0.717) is 11.5 Å². The Balaban J connectivity index is 2.15. The number of halogens is 1. The number of sulfonamides is 1. The largest absolute Gasteiger partial charge is 0.368 e. The number of nitrogens with zero attached hydrogens (tertiary/aromatic N) is 1. The summed E-state index contributed by atoms with van der Waals surface area (Å²) in [7, 11) is -3.77. The van der Waals surface area contributed by atoms with Gasteiger partial charge >= 0.3 is 0 Å². The zero-order chi connectivity index (χ0) is 17.0. The van der Waals surface area contributed by atoms with Crippen LogP contribution < -0.4 is 10.0 Å². The predicted octanol–water partition coefficient (Wildman–Crippen LogP) is 3.54. The van der Waals surface area contributed by atoms with Crippen molar-refractivity contribution < 1.29 is 12.8 Å². The number of hydrogen-bond acceptors (Lipinski definition) is 4. The second-order valence-corrected chi connectivity index (χ2v) is 7.08. The van der Waals surface area contributed by atoms with Crippen LogP contribution in [0.15, 0.2) is 41.4 Å². The molecule has 1 unspecified atom stereocenters. The van der Waals surface area contributed by atoms with Crippen molar-refractivity contribution in [3.8, 4) is 0 Å². The zero-order valence-electron chi connectivity index (χ0n) is 13.3. The van der Waals surface area contributed by atoms with Gasteiger partial charge in [0.15, 0.2) is 0 Å². The van der Waals surface area contributed by atoms with Crippen LogP contribution in [0.25, 0.3) is 0 Å². The molecule has 23 heavy (non-hydrogen) atoms. The van der Waals surface area contributed by atoms with E-state index < -0.39 is 15.8 Å². The number of anilines is 2. The molecule has 1 atom stereocenters. The maximum absolute atomic E-state index is 13.3. The summed E-state index contributed by atoms with van der Waals surface area (Å²) in [5, 5.41) is 3.20. The summed E-state index contributed by atoms with van der Waals surface area (Å²) >= 11 is 0. The number of rotatable bonds is 6. The fourth-order valence-corrected chi connectivity index (χ4v) is 3.02. The summed E-state index contributed by atoms with van der Waals surface area (Å²) in [6, 6.07) is 7.29. The highest BCUT2D eigenvalue weighted by Crippen LogP contribution is 2.19. The van der Waals surface area contributed by atoms with Crippen LogP contribution in [0.3, 0.4) is 0 Å². The summed E-state index contributed by atoms with van der Waals surface area (Å²) in [5.74, 6) is 0.242. The molecule has 1 heterocycles. The Morgan fingerprint density at radius 2 is 2.00 bits per heavy atom. The van der Waals surface area contributed by atoms with Crippen molar-refractivity contribution in [3.05, 3.63) is 47.9 Å². The van der Waals surface area contributed by atoms with Crippen LogP contribution in [0.2, 0.25) is 0 Å². The first-order valence-corrected chi connectivity index (χ1v) is 8.81. The third-order valence-electron chi connectivity index (χ3n) is 3.46. The Bertz CT molecular complexity index is 776. The van der Waals surface area contributed by atoms with Crippen molar-refractivity contribution >= 4 is 21.5 Å². The fraction of sp³-hybridized carbons (Fsp3) is 0.312. The SMILES string of the molecule is CCC(C)Nc1ccc(NS(=O)(=O)c2ccc(F)c(C)c2)cn1. The highest BCUT2D eigenvalue weighted by molar-refractivity contribution is 7.92. The minimum Gasteiger partial charge on any atom is -0.368 e. The van der Waals surface area contributed by atoms with Crippen LogP contribution >= 0.6 is 0 Å². The highest BCUT2D eigenvalue weighted by atomic mass is 32.2. The quantitative estimate of drug-likeness (QED) is 0.846. The lowest BCUT2D eigenvalue weighted by Crippen LogP contribution is -2.15. The molecule has 2 N–H and O–H groups in total. The third kappa shape index (κ3) is 4.41. The first kappa shape index (κ1) is 17.2. The highest BCUT2D eigenvalue weighted by Gasteiger charge is 2.15. The molecular weight excluding hydrogens is 317 g/mol. The molecular formula is C16H20FN3O2S. The molecule has 1 aromatic heterocycles. The molecule has 7 heteroatoms. The lowest BCUT2D eigenvalue weighted by Gasteiger charge is -2.13. The Morgan fingerprint density at radius 1 is 1.26 bits per heavy atom. The van der Waals surface area contributed by atoms with E-state index in [1.807, 2.05) is 6.92 Å². The van der Waals surface area contributed by atoms with Crippen LogP contribution in [0, 0.1) is 12.7 Å². The number of aryl methyl sites for hydroxylation is 1. The van der Waals surface area contributed by atoms with Crippen LogP contribution in [-0.4, -0.2) is 19.4 Å². The lowest BCUT2D eigenvalue weighted by atomic mass is 10.2. The van der Waals surface area contributed by atoms with Gasteiger partial charge in [-0.05, 0) is 56.2 Å². The number of aromatic nitrogens is 1. The monoisotopic (exact) mass is 337 g/mol. The smallest absolute Gasteiger partial charge is 0.261 e. The van der Waals surface area contributed by atoms with E-state index in [-0.39, 0.29) is 16.5 Å². The standard InChI is InChI=1S/C16H20FN3O2S/c1-4-12(3)19-16-8-5-13(10-18-16)20-23(21,22)14-6-7-15(17)11(2)9-14/h5-10,12,20H,4H2,1-3H3,(H,18,19). The Kier molecular flexibility index (Phi) is 5.20. The Hall–Kier alpha value is -2.15. The molecule has 0 saturated heterocycles. The van der Waals surface area contributed by atoms with Gasteiger partial charge in [0.05, 0.1) is 16.8 Å². The van der Waals surface area contributed by atoms with E-state index in [1.54, 1.807) is 12.1 Å². The first-order chi connectivity index (χ1) is 10.8. The van der Waals surface area contributed by atoms with Gasteiger partial charge in [-0.2, -0.15) is 0 Å². The van der Waals surface area contributed by atoms with Crippen LogP contribution in [0.1, 0.15) is 25.8 Å². The second kappa shape index (κ2) is 6.95. The molecule has 1 aromatic carbocycles. The summed E-state index contributed by atoms with van der Waals surface area (Å²) in [5.41, 5.74) is 0.626. The maximum Gasteiger partial charge on any atom is 0.261 e. The minimum absolute atomic E-state index is 0.0122. The average Bonchev–Trinajstić information content (AvgIpc) is 2.51. The third-order valence-corrected chi connectivity index (χ3v) is 4.84. The van der Waals surface area contributed by atoms with Gasteiger partial charge in [-0.15, -0.1) is 0 Å². The molecule has 5 nitrogen and oxygen atoms in total. The topological polar surface area (TPSA) is 71.1 Å².